The summed E-state index contributed by atoms with van der Waals surface area (Å²) in [6.45, 7) is 3.69. The third-order valence-corrected chi connectivity index (χ3v) is 7.04. The minimum absolute atomic E-state index is 0.313. The molecule has 0 radical (unpaired) electrons. The molecule has 0 saturated heterocycles. The van der Waals surface area contributed by atoms with Crippen molar-refractivity contribution in [3.8, 4) is 28.7 Å². The molecule has 0 N–H and O–H groups in total. The summed E-state index contributed by atoms with van der Waals surface area (Å²) in [5, 5.41) is 0.482. The van der Waals surface area contributed by atoms with Crippen molar-refractivity contribution in [3.05, 3.63) is 130 Å². The highest BCUT2D eigenvalue weighted by Crippen LogP contribution is 2.33. The highest BCUT2D eigenvalue weighted by Gasteiger charge is 2.35. The number of aryl methyl sites for hydroxylation is 1. The van der Waals surface area contributed by atoms with Crippen molar-refractivity contribution in [2.75, 3.05) is 0 Å². The lowest BCUT2D eigenvalue weighted by Gasteiger charge is -2.18. The maximum Gasteiger partial charge on any atom is 0.426 e. The van der Waals surface area contributed by atoms with Crippen molar-refractivity contribution in [2.24, 2.45) is 0 Å². The molecule has 1 aromatic heterocycles. The number of benzene rings is 4. The van der Waals surface area contributed by atoms with Gasteiger partial charge in [0.05, 0.1) is 15.8 Å². The largest absolute Gasteiger partial charge is 0.429 e. The minimum Gasteiger partial charge on any atom is -0.429 e. The van der Waals surface area contributed by atoms with Gasteiger partial charge >= 0.3 is 6.11 Å². The summed E-state index contributed by atoms with van der Waals surface area (Å²) in [5.74, 6) is -0.493. The van der Waals surface area contributed by atoms with E-state index in [1.165, 1.54) is 29.5 Å². The number of alkyl halides is 2. The number of aromatic nitrogens is 1. The van der Waals surface area contributed by atoms with Crippen LogP contribution in [0.4, 0.5) is 26.3 Å². The number of fused-ring (bicyclic) bond motifs is 1. The molecule has 0 bridgehead atoms. The Hall–Kier alpha value is -4.55. The van der Waals surface area contributed by atoms with Crippen molar-refractivity contribution >= 4 is 21.6 Å². The molecule has 0 unspecified atom stereocenters. The average Bonchev–Trinajstić information content (AvgIpc) is 3.36. The number of thiazole rings is 1. The van der Waals surface area contributed by atoms with Gasteiger partial charge in [-0.15, -0.1) is 17.9 Å². The monoisotopic (exact) mass is 579 g/mol. The lowest BCUT2D eigenvalue weighted by Crippen LogP contribution is -2.22. The van der Waals surface area contributed by atoms with Crippen LogP contribution in [0.25, 0.3) is 21.3 Å². The Morgan fingerprint density at radius 3 is 2.27 bits per heavy atom. The minimum atomic E-state index is -3.95. The van der Waals surface area contributed by atoms with E-state index in [1.807, 2.05) is 12.1 Å². The van der Waals surface area contributed by atoms with Crippen molar-refractivity contribution in [1.29, 1.82) is 0 Å². The van der Waals surface area contributed by atoms with Gasteiger partial charge in [0.1, 0.15) is 11.6 Å². The van der Waals surface area contributed by atoms with E-state index in [9.17, 15) is 26.3 Å². The number of rotatable bonds is 7. The van der Waals surface area contributed by atoms with Crippen molar-refractivity contribution in [1.82, 2.24) is 4.98 Å². The molecule has 1 heterocycles. The fourth-order valence-electron chi connectivity index (χ4n) is 4.03. The molecule has 0 aliphatic carbocycles. The molecule has 41 heavy (non-hydrogen) atoms. The predicted molar refractivity (Wildman–Crippen MR) is 147 cm³/mol. The molecular formula is C32H19F6NOS. The van der Waals surface area contributed by atoms with Gasteiger partial charge in [-0.25, -0.2) is 22.5 Å². The third kappa shape index (κ3) is 6.28. The molecule has 5 aromatic rings. The number of nitrogens with zero attached hydrogens (tertiary/aromatic N) is 1. The summed E-state index contributed by atoms with van der Waals surface area (Å²) in [6.07, 6.45) is -0.672. The molecular weight excluding hydrogens is 560 g/mol. The van der Waals surface area contributed by atoms with Gasteiger partial charge < -0.3 is 4.74 Å². The van der Waals surface area contributed by atoms with Crippen molar-refractivity contribution in [3.63, 3.8) is 0 Å². The Bertz CT molecular complexity index is 1800. The summed E-state index contributed by atoms with van der Waals surface area (Å²) in [6, 6.07) is 16.1. The number of ether oxygens (including phenoxy) is 1. The van der Waals surface area contributed by atoms with E-state index in [0.29, 0.717) is 45.8 Å². The lowest BCUT2D eigenvalue weighted by atomic mass is 10.0. The highest BCUT2D eigenvalue weighted by atomic mass is 32.1. The first-order valence-electron chi connectivity index (χ1n) is 12.3. The zero-order valence-electron chi connectivity index (χ0n) is 21.2. The van der Waals surface area contributed by atoms with Gasteiger partial charge in [-0.3, -0.25) is 0 Å². The first kappa shape index (κ1) is 28.0. The van der Waals surface area contributed by atoms with Crippen LogP contribution in [0.2, 0.25) is 0 Å². The normalized spacial score (nSPS) is 11.3. The van der Waals surface area contributed by atoms with Crippen LogP contribution in [0.3, 0.4) is 0 Å². The van der Waals surface area contributed by atoms with E-state index in [-0.39, 0.29) is 5.82 Å². The van der Waals surface area contributed by atoms with Gasteiger partial charge in [0.15, 0.2) is 22.5 Å². The van der Waals surface area contributed by atoms with Gasteiger partial charge in [-0.05, 0) is 72.4 Å². The summed E-state index contributed by atoms with van der Waals surface area (Å²) in [4.78, 5) is 4.47. The van der Waals surface area contributed by atoms with E-state index in [0.717, 1.165) is 28.8 Å². The molecule has 206 valence electrons. The van der Waals surface area contributed by atoms with E-state index >= 15 is 0 Å². The highest BCUT2D eigenvalue weighted by molar-refractivity contribution is 7.19. The van der Waals surface area contributed by atoms with Gasteiger partial charge in [-0.2, -0.15) is 8.78 Å². The fourth-order valence-corrected chi connectivity index (χ4v) is 4.89. The maximum atomic E-state index is 14.8. The second-order valence-corrected chi connectivity index (χ2v) is 10.0. The second kappa shape index (κ2) is 11.5. The van der Waals surface area contributed by atoms with Crippen LogP contribution in [0.1, 0.15) is 28.1 Å². The summed E-state index contributed by atoms with van der Waals surface area (Å²) >= 11 is 1.31. The van der Waals surface area contributed by atoms with Crippen LogP contribution in [0.15, 0.2) is 85.5 Å². The molecule has 5 rings (SSSR count). The van der Waals surface area contributed by atoms with E-state index in [2.05, 4.69) is 28.1 Å². The number of hydrogen-bond acceptors (Lipinski definition) is 3. The number of halogens is 6. The van der Waals surface area contributed by atoms with Crippen LogP contribution in [-0.4, -0.2) is 4.98 Å². The summed E-state index contributed by atoms with van der Waals surface area (Å²) in [7, 11) is 0. The topological polar surface area (TPSA) is 22.1 Å². The maximum absolute atomic E-state index is 14.8. The van der Waals surface area contributed by atoms with Crippen LogP contribution in [0.5, 0.6) is 5.75 Å². The Balaban J connectivity index is 1.31. The van der Waals surface area contributed by atoms with Crippen molar-refractivity contribution < 1.29 is 31.1 Å². The molecule has 0 atom stereocenters. The lowest BCUT2D eigenvalue weighted by molar-refractivity contribution is -0.185. The quantitative estimate of drug-likeness (QED) is 0.0830. The van der Waals surface area contributed by atoms with E-state index < -0.39 is 34.9 Å². The Morgan fingerprint density at radius 1 is 0.854 bits per heavy atom. The second-order valence-electron chi connectivity index (χ2n) is 8.99. The Morgan fingerprint density at radius 2 is 1.59 bits per heavy atom. The molecule has 0 aliphatic rings. The molecule has 0 aliphatic heterocycles. The summed E-state index contributed by atoms with van der Waals surface area (Å²) < 4.78 is 88.8. The zero-order chi connectivity index (χ0) is 29.1. The van der Waals surface area contributed by atoms with E-state index in [1.54, 1.807) is 24.3 Å². The molecule has 0 fully saturated rings. The molecule has 4 aromatic carbocycles. The van der Waals surface area contributed by atoms with Gasteiger partial charge in [0.25, 0.3) is 0 Å². The van der Waals surface area contributed by atoms with E-state index in [4.69, 9.17) is 0 Å². The van der Waals surface area contributed by atoms with Crippen LogP contribution < -0.4 is 4.74 Å². The van der Waals surface area contributed by atoms with Crippen LogP contribution >= 0.6 is 11.3 Å². The standard InChI is InChI=1S/C32H19F6NOS/c1-2-3-4-20-7-12-24(25(33)15-20)21-9-13-28-29(16-21)41-30(39-28)14-8-19-5-10-22(11-6-19)32(37,38)40-23-17-26(34)31(36)27(35)18-23/h2,5-7,9-13,15-18H,1,3-4H2. The van der Waals surface area contributed by atoms with Crippen LogP contribution in [-0.2, 0) is 12.5 Å². The van der Waals surface area contributed by atoms with Gasteiger partial charge in [0.2, 0.25) is 0 Å². The first-order valence-corrected chi connectivity index (χ1v) is 13.1. The molecule has 0 amide bonds. The number of hydrogen-bond donors (Lipinski definition) is 0. The number of allylic oxidation sites excluding steroid dienone is 1. The smallest absolute Gasteiger partial charge is 0.426 e. The molecule has 0 saturated carbocycles. The molecule has 0 spiro atoms. The molecule has 9 heteroatoms. The third-order valence-electron chi connectivity index (χ3n) is 6.11. The van der Waals surface area contributed by atoms with Gasteiger partial charge in [-0.1, -0.05) is 30.2 Å². The summed E-state index contributed by atoms with van der Waals surface area (Å²) in [5.41, 5.74) is 2.57. The Kier molecular flexibility index (Phi) is 7.86. The fraction of sp³-hybridized carbons (Fsp3) is 0.0938. The van der Waals surface area contributed by atoms with Crippen molar-refractivity contribution in [2.45, 2.75) is 19.0 Å². The SMILES string of the molecule is C=CCCc1ccc(-c2ccc3nc(C#Cc4ccc(C(F)(F)Oc5cc(F)c(F)c(F)c5)cc4)sc3c2)c(F)c1. The Labute approximate surface area is 235 Å². The zero-order valence-corrected chi connectivity index (χ0v) is 22.0. The molecule has 2 nitrogen and oxygen atoms in total. The van der Waals surface area contributed by atoms with Crippen LogP contribution in [0, 0.1) is 35.1 Å². The average molecular weight is 580 g/mol. The predicted octanol–water partition coefficient (Wildman–Crippen LogP) is 9.17. The van der Waals surface area contributed by atoms with Gasteiger partial charge in [0, 0.05) is 23.3 Å². The first-order chi connectivity index (χ1) is 19.6.